The van der Waals surface area contributed by atoms with Crippen molar-refractivity contribution in [1.29, 1.82) is 0 Å². The molecule has 2 heterocycles. The van der Waals surface area contributed by atoms with Crippen molar-refractivity contribution in [3.63, 3.8) is 0 Å². The lowest BCUT2D eigenvalue weighted by molar-refractivity contribution is 0.0166. The molecule has 0 fully saturated rings. The van der Waals surface area contributed by atoms with Crippen molar-refractivity contribution in [3.05, 3.63) is 65.8 Å². The third kappa shape index (κ3) is 5.07. The van der Waals surface area contributed by atoms with Crippen LogP contribution in [0.25, 0.3) is 5.69 Å². The molecular formula is C21H23F3N6O. The van der Waals surface area contributed by atoms with Gasteiger partial charge in [-0.2, -0.15) is 15.0 Å². The second-order valence-corrected chi connectivity index (χ2v) is 7.21. The highest BCUT2D eigenvalue weighted by Crippen LogP contribution is 2.25. The summed E-state index contributed by atoms with van der Waals surface area (Å²) in [5.74, 6) is -3.75. The van der Waals surface area contributed by atoms with E-state index in [1.165, 1.54) is 29.3 Å². The highest BCUT2D eigenvalue weighted by molar-refractivity contribution is 5.98. The number of alkyl halides is 2. The Labute approximate surface area is 177 Å². The van der Waals surface area contributed by atoms with E-state index < -0.39 is 17.6 Å². The Morgan fingerprint density at radius 3 is 2.42 bits per heavy atom. The van der Waals surface area contributed by atoms with E-state index in [1.807, 2.05) is 6.92 Å². The molecule has 0 radical (unpaired) electrons. The first-order valence-corrected chi connectivity index (χ1v) is 9.87. The lowest BCUT2D eigenvalue weighted by Gasteiger charge is -2.29. The van der Waals surface area contributed by atoms with Gasteiger partial charge in [-0.25, -0.2) is 23.1 Å². The summed E-state index contributed by atoms with van der Waals surface area (Å²) in [6.45, 7) is 4.77. The van der Waals surface area contributed by atoms with Gasteiger partial charge in [0.2, 0.25) is 0 Å². The summed E-state index contributed by atoms with van der Waals surface area (Å²) in [7, 11) is 0. The summed E-state index contributed by atoms with van der Waals surface area (Å²) in [6, 6.07) is 4.02. The molecule has 0 saturated heterocycles. The lowest BCUT2D eigenvalue weighted by Crippen LogP contribution is -2.39. The molecule has 0 aliphatic heterocycles. The van der Waals surface area contributed by atoms with E-state index in [9.17, 15) is 18.0 Å². The minimum absolute atomic E-state index is 0.113. The van der Waals surface area contributed by atoms with Crippen LogP contribution in [0.3, 0.4) is 0 Å². The number of hydrogen-bond acceptors (Lipinski definition) is 5. The molecule has 0 aliphatic rings. The molecule has 2 aromatic heterocycles. The second-order valence-electron chi connectivity index (χ2n) is 7.21. The summed E-state index contributed by atoms with van der Waals surface area (Å²) >= 11 is 0. The van der Waals surface area contributed by atoms with E-state index in [0.29, 0.717) is 25.2 Å². The van der Waals surface area contributed by atoms with Gasteiger partial charge in [0.15, 0.2) is 0 Å². The molecule has 1 amide bonds. The molecule has 31 heavy (non-hydrogen) atoms. The van der Waals surface area contributed by atoms with Gasteiger partial charge >= 0.3 is 0 Å². The molecule has 0 N–H and O–H groups in total. The van der Waals surface area contributed by atoms with Gasteiger partial charge in [-0.1, -0.05) is 6.07 Å². The van der Waals surface area contributed by atoms with Crippen LogP contribution in [0, 0.1) is 5.82 Å². The van der Waals surface area contributed by atoms with Crippen LogP contribution in [0.5, 0.6) is 0 Å². The summed E-state index contributed by atoms with van der Waals surface area (Å²) in [4.78, 5) is 24.0. The van der Waals surface area contributed by atoms with Crippen LogP contribution in [-0.4, -0.2) is 48.4 Å². The van der Waals surface area contributed by atoms with E-state index in [-0.39, 0.29) is 22.9 Å². The number of rotatable bonds is 8. The van der Waals surface area contributed by atoms with Gasteiger partial charge in [0, 0.05) is 38.3 Å². The Hall–Kier alpha value is -3.30. The normalized spacial score (nSPS) is 12.6. The largest absolute Gasteiger partial charge is 0.336 e. The van der Waals surface area contributed by atoms with Crippen molar-refractivity contribution >= 4 is 5.91 Å². The molecular weight excluding hydrogens is 409 g/mol. The predicted molar refractivity (Wildman–Crippen MR) is 107 cm³/mol. The van der Waals surface area contributed by atoms with Crippen molar-refractivity contribution in [1.82, 2.24) is 29.9 Å². The molecule has 0 unspecified atom stereocenters. The molecule has 164 valence electrons. The molecule has 10 heteroatoms. The van der Waals surface area contributed by atoms with E-state index in [2.05, 4.69) is 20.2 Å². The first-order chi connectivity index (χ1) is 14.7. The Morgan fingerprint density at radius 2 is 1.84 bits per heavy atom. The van der Waals surface area contributed by atoms with Crippen LogP contribution >= 0.6 is 0 Å². The number of halogens is 3. The molecule has 7 nitrogen and oxygen atoms in total. The minimum atomic E-state index is -3.00. The van der Waals surface area contributed by atoms with Crippen molar-refractivity contribution in [2.75, 3.05) is 6.54 Å². The van der Waals surface area contributed by atoms with Gasteiger partial charge in [0.1, 0.15) is 22.9 Å². The maximum absolute atomic E-state index is 14.6. The van der Waals surface area contributed by atoms with Gasteiger partial charge in [0.25, 0.3) is 11.8 Å². The maximum atomic E-state index is 14.6. The van der Waals surface area contributed by atoms with E-state index in [4.69, 9.17) is 0 Å². The second kappa shape index (κ2) is 9.23. The zero-order valence-electron chi connectivity index (χ0n) is 17.5. The fourth-order valence-electron chi connectivity index (χ4n) is 3.23. The molecule has 0 bridgehead atoms. The van der Waals surface area contributed by atoms with Crippen LogP contribution in [0.1, 0.15) is 48.9 Å². The molecule has 3 rings (SSSR count). The van der Waals surface area contributed by atoms with Crippen molar-refractivity contribution in [2.45, 2.75) is 45.6 Å². The SMILES string of the molecule is CCN(C(=O)c1c(F)cccc1-n1nccn1)[C@@H](C)CCc1ncc(C(C)(F)F)cn1. The molecule has 0 spiro atoms. The molecule has 0 aliphatic carbocycles. The van der Waals surface area contributed by atoms with Gasteiger partial charge in [0.05, 0.1) is 18.0 Å². The predicted octanol–water partition coefficient (Wildman–Crippen LogP) is 3.79. The Morgan fingerprint density at radius 1 is 1.19 bits per heavy atom. The van der Waals surface area contributed by atoms with Crippen LogP contribution < -0.4 is 0 Å². The van der Waals surface area contributed by atoms with E-state index >= 15 is 0 Å². The number of carbonyl (C=O) groups is 1. The summed E-state index contributed by atoms with van der Waals surface area (Å²) in [5.41, 5.74) is -0.118. The molecule has 1 aromatic carbocycles. The number of carbonyl (C=O) groups excluding carboxylic acids is 1. The zero-order chi connectivity index (χ0) is 22.6. The highest BCUT2D eigenvalue weighted by Gasteiger charge is 2.27. The van der Waals surface area contributed by atoms with Crippen molar-refractivity contribution in [2.24, 2.45) is 0 Å². The summed E-state index contributed by atoms with van der Waals surface area (Å²) < 4.78 is 41.2. The minimum Gasteiger partial charge on any atom is -0.336 e. The average molecular weight is 432 g/mol. The first kappa shape index (κ1) is 22.4. The van der Waals surface area contributed by atoms with Crippen LogP contribution in [0.15, 0.2) is 43.0 Å². The smallest absolute Gasteiger partial charge is 0.273 e. The summed E-state index contributed by atoms with van der Waals surface area (Å²) in [5, 5.41) is 8.00. The Balaban J connectivity index is 1.76. The number of aromatic nitrogens is 5. The number of hydrogen-bond donors (Lipinski definition) is 0. The van der Waals surface area contributed by atoms with Gasteiger partial charge in [-0.15, -0.1) is 0 Å². The number of nitrogens with zero attached hydrogens (tertiary/aromatic N) is 6. The fraction of sp³-hybridized carbons (Fsp3) is 0.381. The van der Waals surface area contributed by atoms with Crippen molar-refractivity contribution < 1.29 is 18.0 Å². The standard InChI is InChI=1S/C21H23F3N6O/c1-4-29(14(2)8-9-18-25-12-15(13-26-18)21(3,23)24)20(31)19-16(22)6-5-7-17(19)30-27-10-11-28-30/h5-7,10-14H,4,8-9H2,1-3H3/t14-/m0/s1. The zero-order valence-corrected chi connectivity index (χ0v) is 17.5. The fourth-order valence-corrected chi connectivity index (χ4v) is 3.23. The highest BCUT2D eigenvalue weighted by atomic mass is 19.3. The van der Waals surface area contributed by atoms with Crippen LogP contribution in [0.2, 0.25) is 0 Å². The number of amides is 1. The third-order valence-electron chi connectivity index (χ3n) is 4.97. The molecule has 3 aromatic rings. The van der Waals surface area contributed by atoms with Crippen molar-refractivity contribution in [3.8, 4) is 5.69 Å². The molecule has 0 saturated carbocycles. The third-order valence-corrected chi connectivity index (χ3v) is 4.97. The first-order valence-electron chi connectivity index (χ1n) is 9.87. The number of benzene rings is 1. The molecule has 1 atom stereocenters. The Bertz CT molecular complexity index is 1020. The lowest BCUT2D eigenvalue weighted by atomic mass is 10.1. The van der Waals surface area contributed by atoms with Crippen LogP contribution in [-0.2, 0) is 12.3 Å². The summed E-state index contributed by atoms with van der Waals surface area (Å²) in [6.07, 6.45) is 5.96. The van der Waals surface area contributed by atoms with E-state index in [1.54, 1.807) is 17.9 Å². The van der Waals surface area contributed by atoms with E-state index in [0.717, 1.165) is 19.3 Å². The van der Waals surface area contributed by atoms with Crippen LogP contribution in [0.4, 0.5) is 13.2 Å². The topological polar surface area (TPSA) is 76.8 Å². The number of aryl methyl sites for hydroxylation is 1. The monoisotopic (exact) mass is 432 g/mol. The quantitative estimate of drug-likeness (QED) is 0.541. The average Bonchev–Trinajstić information content (AvgIpc) is 3.27. The van der Waals surface area contributed by atoms with Gasteiger partial charge < -0.3 is 4.90 Å². The Kier molecular flexibility index (Phi) is 6.67. The van der Waals surface area contributed by atoms with Gasteiger partial charge in [-0.05, 0) is 32.4 Å². The maximum Gasteiger partial charge on any atom is 0.273 e. The van der Waals surface area contributed by atoms with Gasteiger partial charge in [-0.3, -0.25) is 4.79 Å².